The predicted octanol–water partition coefficient (Wildman–Crippen LogP) is 1.42. The molecule has 0 N–H and O–H groups in total. The summed E-state index contributed by atoms with van der Waals surface area (Å²) in [7, 11) is 3.64. The lowest BCUT2D eigenvalue weighted by molar-refractivity contribution is -0.130. The van der Waals surface area contributed by atoms with Gasteiger partial charge in [0.25, 0.3) is 0 Å². The van der Waals surface area contributed by atoms with Crippen molar-refractivity contribution in [1.82, 2.24) is 20.0 Å². The molecule has 3 rings (SSSR count). The van der Waals surface area contributed by atoms with Crippen molar-refractivity contribution < 1.29 is 4.79 Å². The highest BCUT2D eigenvalue weighted by Crippen LogP contribution is 2.21. The van der Waals surface area contributed by atoms with Crippen LogP contribution in [-0.2, 0) is 11.2 Å². The Kier molecular flexibility index (Phi) is 5.66. The van der Waals surface area contributed by atoms with E-state index in [2.05, 4.69) is 32.1 Å². The van der Waals surface area contributed by atoms with Gasteiger partial charge >= 0.3 is 0 Å². The average molecular weight is 331 g/mol. The van der Waals surface area contributed by atoms with Crippen molar-refractivity contribution in [1.29, 1.82) is 0 Å². The monoisotopic (exact) mass is 331 g/mol. The third kappa shape index (κ3) is 4.44. The van der Waals surface area contributed by atoms with E-state index in [0.29, 0.717) is 12.5 Å². The van der Waals surface area contributed by atoms with Gasteiger partial charge in [0.2, 0.25) is 5.91 Å². The number of piperidine rings is 1. The van der Waals surface area contributed by atoms with Crippen LogP contribution >= 0.6 is 0 Å². The van der Waals surface area contributed by atoms with Crippen LogP contribution in [0.3, 0.4) is 0 Å². The van der Waals surface area contributed by atoms with Gasteiger partial charge in [0.05, 0.1) is 12.2 Å². The van der Waals surface area contributed by atoms with E-state index in [1.165, 1.54) is 19.3 Å². The van der Waals surface area contributed by atoms with Gasteiger partial charge in [-0.3, -0.25) is 9.69 Å². The van der Waals surface area contributed by atoms with Crippen LogP contribution in [0.15, 0.2) is 12.1 Å². The quantitative estimate of drug-likeness (QED) is 0.817. The van der Waals surface area contributed by atoms with Crippen LogP contribution in [-0.4, -0.2) is 72.7 Å². The van der Waals surface area contributed by atoms with Crippen molar-refractivity contribution >= 4 is 11.7 Å². The van der Waals surface area contributed by atoms with Crippen LogP contribution in [0.4, 0.5) is 5.82 Å². The van der Waals surface area contributed by atoms with Crippen LogP contribution in [0.1, 0.15) is 31.4 Å². The van der Waals surface area contributed by atoms with Gasteiger partial charge < -0.3 is 9.80 Å². The number of rotatable bonds is 5. The molecular formula is C18H29N5O. The number of anilines is 1. The molecule has 6 nitrogen and oxygen atoms in total. The standard InChI is InChI=1S/C18H29N5O/c1-21(2)18(24)14-22-9-5-6-15(13-22)12-16-7-8-17(20-19-16)23-10-3-4-11-23/h7-8,15H,3-6,9-14H2,1-2H3. The maximum atomic E-state index is 11.9. The lowest BCUT2D eigenvalue weighted by Crippen LogP contribution is -2.42. The molecule has 1 unspecified atom stereocenters. The van der Waals surface area contributed by atoms with Crippen LogP contribution in [0.5, 0.6) is 0 Å². The molecule has 2 aliphatic rings. The molecule has 1 atom stereocenters. The van der Waals surface area contributed by atoms with E-state index >= 15 is 0 Å². The minimum absolute atomic E-state index is 0.186. The Morgan fingerprint density at radius 1 is 1.17 bits per heavy atom. The number of amides is 1. The number of hydrogen-bond acceptors (Lipinski definition) is 5. The minimum atomic E-state index is 0.186. The molecule has 132 valence electrons. The minimum Gasteiger partial charge on any atom is -0.355 e. The van der Waals surface area contributed by atoms with Crippen LogP contribution < -0.4 is 4.90 Å². The summed E-state index contributed by atoms with van der Waals surface area (Å²) in [4.78, 5) is 18.2. The van der Waals surface area contributed by atoms with E-state index in [1.807, 2.05) is 14.1 Å². The first-order valence-electron chi connectivity index (χ1n) is 9.12. The van der Waals surface area contributed by atoms with Gasteiger partial charge in [-0.05, 0) is 56.7 Å². The van der Waals surface area contributed by atoms with Crippen molar-refractivity contribution in [2.24, 2.45) is 5.92 Å². The molecule has 0 aromatic carbocycles. The van der Waals surface area contributed by atoms with Crippen molar-refractivity contribution in [3.8, 4) is 0 Å². The second-order valence-corrected chi connectivity index (χ2v) is 7.31. The largest absolute Gasteiger partial charge is 0.355 e. The number of hydrogen-bond donors (Lipinski definition) is 0. The maximum absolute atomic E-state index is 11.9. The summed E-state index contributed by atoms with van der Waals surface area (Å²) in [5.74, 6) is 1.77. The summed E-state index contributed by atoms with van der Waals surface area (Å²) < 4.78 is 0. The third-order valence-electron chi connectivity index (χ3n) is 5.09. The summed E-state index contributed by atoms with van der Waals surface area (Å²) in [5, 5.41) is 8.86. The maximum Gasteiger partial charge on any atom is 0.236 e. The van der Waals surface area contributed by atoms with Crippen molar-refractivity contribution in [2.45, 2.75) is 32.1 Å². The fourth-order valence-electron chi connectivity index (χ4n) is 3.67. The summed E-state index contributed by atoms with van der Waals surface area (Å²) in [6.45, 7) is 4.74. The lowest BCUT2D eigenvalue weighted by Gasteiger charge is -2.32. The first-order valence-corrected chi connectivity index (χ1v) is 9.12. The Morgan fingerprint density at radius 3 is 2.62 bits per heavy atom. The van der Waals surface area contributed by atoms with E-state index in [0.717, 1.165) is 50.5 Å². The molecule has 6 heteroatoms. The molecule has 3 heterocycles. The normalized spacial score (nSPS) is 21.9. The summed E-state index contributed by atoms with van der Waals surface area (Å²) in [6, 6.07) is 4.24. The second-order valence-electron chi connectivity index (χ2n) is 7.31. The molecule has 1 aromatic rings. The molecule has 1 amide bonds. The zero-order valence-corrected chi connectivity index (χ0v) is 14.9. The highest BCUT2D eigenvalue weighted by atomic mass is 16.2. The van der Waals surface area contributed by atoms with Gasteiger partial charge in [-0.1, -0.05) is 0 Å². The summed E-state index contributed by atoms with van der Waals surface area (Å²) >= 11 is 0. The zero-order valence-electron chi connectivity index (χ0n) is 14.9. The molecule has 2 saturated heterocycles. The number of carbonyl (C=O) groups excluding carboxylic acids is 1. The van der Waals surface area contributed by atoms with E-state index < -0.39 is 0 Å². The molecule has 1 aromatic heterocycles. The van der Waals surface area contributed by atoms with Crippen LogP contribution in [0.2, 0.25) is 0 Å². The van der Waals surface area contributed by atoms with Crippen LogP contribution in [0.25, 0.3) is 0 Å². The molecule has 0 radical (unpaired) electrons. The topological polar surface area (TPSA) is 52.6 Å². The van der Waals surface area contributed by atoms with Gasteiger partial charge in [0.1, 0.15) is 0 Å². The smallest absolute Gasteiger partial charge is 0.236 e. The summed E-state index contributed by atoms with van der Waals surface area (Å²) in [6.07, 6.45) is 5.84. The Morgan fingerprint density at radius 2 is 1.96 bits per heavy atom. The Bertz CT molecular complexity index is 539. The number of carbonyl (C=O) groups is 1. The zero-order chi connectivity index (χ0) is 16.9. The van der Waals surface area contributed by atoms with E-state index in [4.69, 9.17) is 0 Å². The molecule has 0 spiro atoms. The number of likely N-dealkylation sites (tertiary alicyclic amines) is 1. The molecule has 0 aliphatic carbocycles. The third-order valence-corrected chi connectivity index (χ3v) is 5.09. The van der Waals surface area contributed by atoms with Crippen molar-refractivity contribution in [2.75, 3.05) is 51.7 Å². The predicted molar refractivity (Wildman–Crippen MR) is 95.0 cm³/mol. The fourth-order valence-corrected chi connectivity index (χ4v) is 3.67. The molecule has 2 aliphatic heterocycles. The molecule has 0 bridgehead atoms. The molecule has 0 saturated carbocycles. The SMILES string of the molecule is CN(C)C(=O)CN1CCCC(Cc2ccc(N3CCCC3)nn2)C1. The van der Waals surface area contributed by atoms with Gasteiger partial charge in [-0.25, -0.2) is 0 Å². The fraction of sp³-hybridized carbons (Fsp3) is 0.722. The van der Waals surface area contributed by atoms with Gasteiger partial charge in [0.15, 0.2) is 5.82 Å². The average Bonchev–Trinajstić information content (AvgIpc) is 3.10. The lowest BCUT2D eigenvalue weighted by atomic mass is 9.93. The Labute approximate surface area is 144 Å². The number of nitrogens with zero attached hydrogens (tertiary/aromatic N) is 5. The highest BCUT2D eigenvalue weighted by molar-refractivity contribution is 5.77. The Balaban J connectivity index is 1.52. The van der Waals surface area contributed by atoms with E-state index in [-0.39, 0.29) is 5.91 Å². The van der Waals surface area contributed by atoms with E-state index in [9.17, 15) is 4.79 Å². The summed E-state index contributed by atoms with van der Waals surface area (Å²) in [5.41, 5.74) is 1.07. The van der Waals surface area contributed by atoms with Gasteiger partial charge in [0, 0.05) is 33.7 Å². The van der Waals surface area contributed by atoms with Gasteiger partial charge in [-0.2, -0.15) is 5.10 Å². The number of likely N-dealkylation sites (N-methyl/N-ethyl adjacent to an activating group) is 1. The molecule has 24 heavy (non-hydrogen) atoms. The van der Waals surface area contributed by atoms with Crippen LogP contribution in [0, 0.1) is 5.92 Å². The highest BCUT2D eigenvalue weighted by Gasteiger charge is 2.23. The second kappa shape index (κ2) is 7.92. The molecule has 2 fully saturated rings. The first kappa shape index (κ1) is 17.1. The van der Waals surface area contributed by atoms with Crippen molar-refractivity contribution in [3.63, 3.8) is 0 Å². The number of aromatic nitrogens is 2. The first-order chi connectivity index (χ1) is 11.6. The van der Waals surface area contributed by atoms with Crippen molar-refractivity contribution in [3.05, 3.63) is 17.8 Å². The molecular weight excluding hydrogens is 302 g/mol. The van der Waals surface area contributed by atoms with Gasteiger partial charge in [-0.15, -0.1) is 5.10 Å². The van der Waals surface area contributed by atoms with E-state index in [1.54, 1.807) is 4.90 Å². The Hall–Kier alpha value is -1.69.